The molecule has 0 aliphatic heterocycles. The lowest BCUT2D eigenvalue weighted by Gasteiger charge is -2.35. The first-order chi connectivity index (χ1) is 7.56. The van der Waals surface area contributed by atoms with Crippen LogP contribution < -0.4 is 11.5 Å². The van der Waals surface area contributed by atoms with E-state index in [0.29, 0.717) is 19.0 Å². The molecule has 0 aromatic heterocycles. The number of nitrogens with two attached hydrogens (primary N) is 2. The predicted molar refractivity (Wildman–Crippen MR) is 68.0 cm³/mol. The molecule has 0 aliphatic rings. The average Bonchev–Trinajstić information content (AvgIpc) is 2.26. The van der Waals surface area contributed by atoms with Crippen LogP contribution in [-0.4, -0.2) is 36.0 Å². The fourth-order valence-electron chi connectivity index (χ4n) is 1.91. The number of hydrogen-bond acceptors (Lipinski definition) is 3. The lowest BCUT2D eigenvalue weighted by molar-refractivity contribution is -0.119. The van der Waals surface area contributed by atoms with Crippen molar-refractivity contribution < 1.29 is 4.79 Å². The Morgan fingerprint density at radius 2 is 2.00 bits per heavy atom. The highest BCUT2D eigenvalue weighted by Crippen LogP contribution is 2.12. The number of carbonyl (C=O) groups is 1. The summed E-state index contributed by atoms with van der Waals surface area (Å²) >= 11 is 0. The lowest BCUT2D eigenvalue weighted by atomic mass is 10.1. The number of nitrogens with zero attached hydrogens (tertiary/aromatic N) is 1. The molecule has 0 saturated carbocycles. The van der Waals surface area contributed by atoms with E-state index < -0.39 is 0 Å². The highest BCUT2D eigenvalue weighted by Gasteiger charge is 2.22. The largest absolute Gasteiger partial charge is 0.370 e. The molecule has 0 fully saturated rings. The quantitative estimate of drug-likeness (QED) is 0.621. The van der Waals surface area contributed by atoms with Gasteiger partial charge in [0.2, 0.25) is 5.91 Å². The molecule has 4 heteroatoms. The second kappa shape index (κ2) is 8.53. The van der Waals surface area contributed by atoms with E-state index in [1.807, 2.05) is 0 Å². The van der Waals surface area contributed by atoms with Gasteiger partial charge in [0.05, 0.1) is 0 Å². The summed E-state index contributed by atoms with van der Waals surface area (Å²) in [6, 6.07) is 0.554. The molecule has 0 spiro atoms. The first-order valence-electron chi connectivity index (χ1n) is 6.30. The minimum atomic E-state index is -0.264. The monoisotopic (exact) mass is 229 g/mol. The Morgan fingerprint density at radius 3 is 2.38 bits per heavy atom. The van der Waals surface area contributed by atoms with Crippen LogP contribution in [0.2, 0.25) is 0 Å². The molecule has 0 radical (unpaired) electrons. The minimum Gasteiger partial charge on any atom is -0.370 e. The molecule has 0 rings (SSSR count). The van der Waals surface area contributed by atoms with Crippen LogP contribution in [0.4, 0.5) is 0 Å². The molecular formula is C12H27N3O. The molecule has 1 amide bonds. The number of rotatable bonds is 9. The van der Waals surface area contributed by atoms with E-state index in [1.165, 1.54) is 0 Å². The Hall–Kier alpha value is -0.610. The maximum atomic E-state index is 11.0. The van der Waals surface area contributed by atoms with Crippen LogP contribution in [0.3, 0.4) is 0 Å². The summed E-state index contributed by atoms with van der Waals surface area (Å²) in [5.41, 5.74) is 11.0. The van der Waals surface area contributed by atoms with Gasteiger partial charge in [-0.05, 0) is 26.3 Å². The highest BCUT2D eigenvalue weighted by molar-refractivity contribution is 5.74. The van der Waals surface area contributed by atoms with Crippen molar-refractivity contribution in [1.82, 2.24) is 4.90 Å². The van der Waals surface area contributed by atoms with E-state index in [0.717, 1.165) is 25.8 Å². The SMILES string of the molecule is CCCCN(C(C)CC)C(CN)CC(N)=O. The second-order valence-corrected chi connectivity index (χ2v) is 4.41. The summed E-state index contributed by atoms with van der Waals surface area (Å²) < 4.78 is 0. The van der Waals surface area contributed by atoms with E-state index in [-0.39, 0.29) is 11.9 Å². The van der Waals surface area contributed by atoms with Crippen molar-refractivity contribution in [2.75, 3.05) is 13.1 Å². The van der Waals surface area contributed by atoms with Gasteiger partial charge in [0, 0.05) is 25.0 Å². The molecule has 2 unspecified atom stereocenters. The number of amides is 1. The molecule has 0 aromatic carbocycles. The summed E-state index contributed by atoms with van der Waals surface area (Å²) in [5.74, 6) is -0.264. The van der Waals surface area contributed by atoms with Gasteiger partial charge < -0.3 is 11.5 Å². The summed E-state index contributed by atoms with van der Waals surface area (Å²) in [4.78, 5) is 13.3. The van der Waals surface area contributed by atoms with E-state index in [4.69, 9.17) is 11.5 Å². The van der Waals surface area contributed by atoms with E-state index in [2.05, 4.69) is 25.7 Å². The number of hydrogen-bond donors (Lipinski definition) is 2. The molecule has 96 valence electrons. The molecule has 0 saturated heterocycles. The van der Waals surface area contributed by atoms with Crippen molar-refractivity contribution in [2.24, 2.45) is 11.5 Å². The third-order valence-electron chi connectivity index (χ3n) is 3.10. The molecule has 0 heterocycles. The maximum Gasteiger partial charge on any atom is 0.219 e. The number of unbranched alkanes of at least 4 members (excludes halogenated alkanes) is 1. The number of primary amides is 1. The Bertz CT molecular complexity index is 197. The van der Waals surface area contributed by atoms with Gasteiger partial charge in [-0.2, -0.15) is 0 Å². The fraction of sp³-hybridized carbons (Fsp3) is 0.917. The lowest BCUT2D eigenvalue weighted by Crippen LogP contribution is -2.47. The molecule has 4 nitrogen and oxygen atoms in total. The first-order valence-corrected chi connectivity index (χ1v) is 6.30. The third-order valence-corrected chi connectivity index (χ3v) is 3.10. The highest BCUT2D eigenvalue weighted by atomic mass is 16.1. The normalized spacial score (nSPS) is 15.1. The molecule has 0 aliphatic carbocycles. The standard InChI is InChI=1S/C12H27N3O/c1-4-6-7-15(10(3)5-2)11(9-13)8-12(14)16/h10-11H,4-9,13H2,1-3H3,(H2,14,16). The van der Waals surface area contributed by atoms with Gasteiger partial charge in [0.25, 0.3) is 0 Å². The molecule has 4 N–H and O–H groups in total. The third kappa shape index (κ3) is 5.47. The fourth-order valence-corrected chi connectivity index (χ4v) is 1.91. The first kappa shape index (κ1) is 15.4. The Balaban J connectivity index is 4.47. The summed E-state index contributed by atoms with van der Waals surface area (Å²) in [6.45, 7) is 8.00. The zero-order valence-corrected chi connectivity index (χ0v) is 10.9. The maximum absolute atomic E-state index is 11.0. The van der Waals surface area contributed by atoms with Gasteiger partial charge in [0.1, 0.15) is 0 Å². The van der Waals surface area contributed by atoms with Crippen LogP contribution in [0.1, 0.15) is 46.5 Å². The van der Waals surface area contributed by atoms with Crippen molar-refractivity contribution in [3.63, 3.8) is 0 Å². The number of carbonyl (C=O) groups excluding carboxylic acids is 1. The topological polar surface area (TPSA) is 72.3 Å². The van der Waals surface area contributed by atoms with Crippen LogP contribution in [0.25, 0.3) is 0 Å². The Labute approximate surface area is 99.4 Å². The van der Waals surface area contributed by atoms with Crippen LogP contribution in [-0.2, 0) is 4.79 Å². The van der Waals surface area contributed by atoms with Crippen molar-refractivity contribution in [3.8, 4) is 0 Å². The van der Waals surface area contributed by atoms with Gasteiger partial charge in [-0.3, -0.25) is 9.69 Å². The van der Waals surface area contributed by atoms with E-state index in [1.54, 1.807) is 0 Å². The van der Waals surface area contributed by atoms with Crippen LogP contribution >= 0.6 is 0 Å². The van der Waals surface area contributed by atoms with Crippen molar-refractivity contribution >= 4 is 5.91 Å². The van der Waals surface area contributed by atoms with Crippen molar-refractivity contribution in [2.45, 2.75) is 58.5 Å². The molecular weight excluding hydrogens is 202 g/mol. The summed E-state index contributed by atoms with van der Waals surface area (Å²) in [7, 11) is 0. The zero-order valence-electron chi connectivity index (χ0n) is 10.9. The Kier molecular flexibility index (Phi) is 8.21. The Morgan fingerprint density at radius 1 is 1.38 bits per heavy atom. The van der Waals surface area contributed by atoms with E-state index in [9.17, 15) is 4.79 Å². The van der Waals surface area contributed by atoms with Crippen LogP contribution in [0.15, 0.2) is 0 Å². The molecule has 0 bridgehead atoms. The minimum absolute atomic E-state index is 0.0963. The second-order valence-electron chi connectivity index (χ2n) is 4.41. The van der Waals surface area contributed by atoms with Crippen molar-refractivity contribution in [1.29, 1.82) is 0 Å². The van der Waals surface area contributed by atoms with E-state index >= 15 is 0 Å². The average molecular weight is 229 g/mol. The zero-order chi connectivity index (χ0) is 12.6. The van der Waals surface area contributed by atoms with Gasteiger partial charge in [-0.1, -0.05) is 20.3 Å². The van der Waals surface area contributed by atoms with Crippen LogP contribution in [0.5, 0.6) is 0 Å². The van der Waals surface area contributed by atoms with Gasteiger partial charge in [0.15, 0.2) is 0 Å². The smallest absolute Gasteiger partial charge is 0.219 e. The predicted octanol–water partition coefficient (Wildman–Crippen LogP) is 1.09. The summed E-state index contributed by atoms with van der Waals surface area (Å²) in [6.07, 6.45) is 3.73. The molecule has 16 heavy (non-hydrogen) atoms. The van der Waals surface area contributed by atoms with Crippen molar-refractivity contribution in [3.05, 3.63) is 0 Å². The molecule has 2 atom stereocenters. The van der Waals surface area contributed by atoms with Gasteiger partial charge in [-0.15, -0.1) is 0 Å². The van der Waals surface area contributed by atoms with Gasteiger partial charge in [-0.25, -0.2) is 0 Å². The van der Waals surface area contributed by atoms with Gasteiger partial charge >= 0.3 is 0 Å². The van der Waals surface area contributed by atoms with Crippen LogP contribution in [0, 0.1) is 0 Å². The molecule has 0 aromatic rings. The summed E-state index contributed by atoms with van der Waals surface area (Å²) in [5, 5.41) is 0.